The van der Waals surface area contributed by atoms with Crippen LogP contribution in [0.3, 0.4) is 0 Å². The molecule has 4 heterocycles. The standard InChI is InChI=1S/C23H23FIN7O2S.C2H6/c1-4-34-19(33)9-18(23(2,3)17-7-5-6-8-27-17)30-21-16(24)11-28-20(31-21)15-12-32(35-25)22-14(15)10-26-13-29-22;1-2/h5-8,10-13,18H,4,9H2,1-3H3,(H,28,30,31);1-2H3. The van der Waals surface area contributed by atoms with Crippen LogP contribution in [0, 0.1) is 5.82 Å². The van der Waals surface area contributed by atoms with Crippen LogP contribution in [0.4, 0.5) is 10.2 Å². The van der Waals surface area contributed by atoms with Crippen molar-refractivity contribution in [1.82, 2.24) is 28.9 Å². The molecule has 0 fully saturated rings. The number of halogens is 2. The van der Waals surface area contributed by atoms with E-state index in [-0.39, 0.29) is 18.8 Å². The highest BCUT2D eigenvalue weighted by atomic mass is 127. The Labute approximate surface area is 231 Å². The molecule has 0 aliphatic carbocycles. The van der Waals surface area contributed by atoms with Crippen molar-refractivity contribution in [1.29, 1.82) is 0 Å². The van der Waals surface area contributed by atoms with E-state index in [4.69, 9.17) is 4.74 Å². The van der Waals surface area contributed by atoms with E-state index >= 15 is 0 Å². The summed E-state index contributed by atoms with van der Waals surface area (Å²) in [4.78, 5) is 34.1. The van der Waals surface area contributed by atoms with Crippen LogP contribution in [0.5, 0.6) is 0 Å². The van der Waals surface area contributed by atoms with Gasteiger partial charge < -0.3 is 10.1 Å². The third kappa shape index (κ3) is 6.53. The summed E-state index contributed by atoms with van der Waals surface area (Å²) in [7, 11) is 1.44. The van der Waals surface area contributed by atoms with Crippen molar-refractivity contribution in [3.05, 3.63) is 60.8 Å². The number of ether oxygens (including phenoxy) is 1. The zero-order chi connectivity index (χ0) is 27.0. The molecule has 37 heavy (non-hydrogen) atoms. The van der Waals surface area contributed by atoms with Gasteiger partial charge in [-0.1, -0.05) is 33.8 Å². The van der Waals surface area contributed by atoms with Crippen molar-refractivity contribution in [2.24, 2.45) is 0 Å². The molecule has 12 heteroatoms. The van der Waals surface area contributed by atoms with Gasteiger partial charge in [-0.15, -0.1) is 0 Å². The lowest BCUT2D eigenvalue weighted by Crippen LogP contribution is -2.42. The molecule has 0 bridgehead atoms. The first-order valence-electron chi connectivity index (χ1n) is 11.8. The van der Waals surface area contributed by atoms with Crippen LogP contribution in [0.1, 0.15) is 46.7 Å². The summed E-state index contributed by atoms with van der Waals surface area (Å²) >= 11 is 2.15. The number of nitrogens with zero attached hydrogens (tertiary/aromatic N) is 6. The number of carbonyl (C=O) groups excluding carboxylic acids is 1. The zero-order valence-corrected chi connectivity index (χ0v) is 24.2. The van der Waals surface area contributed by atoms with Crippen molar-refractivity contribution >= 4 is 53.1 Å². The molecular weight excluding hydrogens is 608 g/mol. The van der Waals surface area contributed by atoms with Crippen LogP contribution in [0.15, 0.2) is 49.3 Å². The number of rotatable bonds is 9. The smallest absolute Gasteiger partial charge is 0.307 e. The van der Waals surface area contributed by atoms with Crippen molar-refractivity contribution < 1.29 is 13.9 Å². The monoisotopic (exact) mass is 637 g/mol. The van der Waals surface area contributed by atoms with Gasteiger partial charge in [-0.25, -0.2) is 24.3 Å². The van der Waals surface area contributed by atoms with Crippen LogP contribution in [0.2, 0.25) is 0 Å². The van der Waals surface area contributed by atoms with Crippen molar-refractivity contribution in [3.63, 3.8) is 0 Å². The van der Waals surface area contributed by atoms with E-state index in [1.54, 1.807) is 19.3 Å². The van der Waals surface area contributed by atoms with Gasteiger partial charge in [0.2, 0.25) is 0 Å². The predicted octanol–water partition coefficient (Wildman–Crippen LogP) is 6.01. The zero-order valence-electron chi connectivity index (χ0n) is 21.3. The number of carbonyl (C=O) groups is 1. The van der Waals surface area contributed by atoms with Gasteiger partial charge in [0.1, 0.15) is 6.33 Å². The molecule has 4 rings (SSSR count). The third-order valence-electron chi connectivity index (χ3n) is 5.68. The second kappa shape index (κ2) is 13.1. The van der Waals surface area contributed by atoms with Crippen molar-refractivity contribution in [3.8, 4) is 11.4 Å². The summed E-state index contributed by atoms with van der Waals surface area (Å²) < 4.78 is 22.0. The summed E-state index contributed by atoms with van der Waals surface area (Å²) in [6.07, 6.45) is 7.77. The van der Waals surface area contributed by atoms with Crippen LogP contribution >= 0.6 is 30.3 Å². The average molecular weight is 638 g/mol. The van der Waals surface area contributed by atoms with Crippen LogP contribution in [-0.2, 0) is 14.9 Å². The largest absolute Gasteiger partial charge is 0.466 e. The van der Waals surface area contributed by atoms with Crippen LogP contribution in [0.25, 0.3) is 22.4 Å². The topological polar surface area (TPSA) is 108 Å². The average Bonchev–Trinajstić information content (AvgIpc) is 3.30. The van der Waals surface area contributed by atoms with Gasteiger partial charge in [0, 0.05) is 77.0 Å². The van der Waals surface area contributed by atoms with E-state index in [1.807, 2.05) is 56.1 Å². The fraction of sp³-hybridized carbons (Fsp3) is 0.360. The first-order chi connectivity index (χ1) is 17.8. The molecule has 0 saturated carbocycles. The molecule has 0 saturated heterocycles. The molecule has 0 amide bonds. The molecule has 196 valence electrons. The Bertz CT molecular complexity index is 1340. The third-order valence-corrected chi connectivity index (χ3v) is 7.38. The number of esters is 1. The quantitative estimate of drug-likeness (QED) is 0.175. The molecule has 0 aliphatic rings. The van der Waals surface area contributed by atoms with E-state index in [2.05, 4.69) is 51.4 Å². The SMILES string of the molecule is CC.CCOC(=O)CC(Nc1nc(-c2cn(SI)c3ncncc23)ncc1F)C(C)(C)c1ccccn1. The summed E-state index contributed by atoms with van der Waals surface area (Å²) in [5, 5.41) is 3.88. The van der Waals surface area contributed by atoms with E-state index < -0.39 is 23.2 Å². The van der Waals surface area contributed by atoms with Gasteiger partial charge >= 0.3 is 5.97 Å². The summed E-state index contributed by atoms with van der Waals surface area (Å²) in [6.45, 7) is 9.88. The minimum Gasteiger partial charge on any atom is -0.466 e. The second-order valence-corrected chi connectivity index (χ2v) is 9.94. The molecule has 0 aliphatic heterocycles. The number of aromatic nitrogens is 6. The van der Waals surface area contributed by atoms with E-state index in [9.17, 15) is 9.18 Å². The lowest BCUT2D eigenvalue weighted by Gasteiger charge is -2.34. The highest BCUT2D eigenvalue weighted by molar-refractivity contribution is 14.2. The first kappa shape index (κ1) is 28.7. The number of hydrogen-bond donors (Lipinski definition) is 1. The summed E-state index contributed by atoms with van der Waals surface area (Å²) in [5.74, 6) is -0.748. The number of anilines is 1. The van der Waals surface area contributed by atoms with Gasteiger partial charge in [0.05, 0.1) is 19.2 Å². The second-order valence-electron chi connectivity index (χ2n) is 8.23. The Morgan fingerprint density at radius 3 is 2.70 bits per heavy atom. The molecule has 0 spiro atoms. The molecular formula is C25H29FIN7O2S. The fourth-order valence-electron chi connectivity index (χ4n) is 3.73. The van der Waals surface area contributed by atoms with Gasteiger partial charge in [0.25, 0.3) is 0 Å². The van der Waals surface area contributed by atoms with Crippen molar-refractivity contribution in [2.45, 2.75) is 52.5 Å². The van der Waals surface area contributed by atoms with E-state index in [1.165, 1.54) is 15.4 Å². The number of fused-ring (bicyclic) bond motifs is 1. The molecule has 1 N–H and O–H groups in total. The number of pyridine rings is 1. The lowest BCUT2D eigenvalue weighted by molar-refractivity contribution is -0.143. The molecule has 0 aromatic carbocycles. The van der Waals surface area contributed by atoms with E-state index in [0.717, 1.165) is 17.3 Å². The molecule has 4 aromatic rings. The van der Waals surface area contributed by atoms with Gasteiger partial charge in [-0.2, -0.15) is 0 Å². The lowest BCUT2D eigenvalue weighted by atomic mass is 9.79. The molecule has 1 unspecified atom stereocenters. The summed E-state index contributed by atoms with van der Waals surface area (Å²) in [5.41, 5.74) is 1.45. The first-order valence-corrected chi connectivity index (χ1v) is 15.1. The van der Waals surface area contributed by atoms with Gasteiger partial charge in [-0.05, 0) is 19.1 Å². The van der Waals surface area contributed by atoms with Crippen LogP contribution < -0.4 is 5.32 Å². The fourth-order valence-corrected chi connectivity index (χ4v) is 4.98. The Kier molecular flexibility index (Phi) is 10.1. The maximum atomic E-state index is 15.0. The molecule has 9 nitrogen and oxygen atoms in total. The minimum atomic E-state index is -0.659. The number of hydrogen-bond acceptors (Lipinski definition) is 9. The van der Waals surface area contributed by atoms with E-state index in [0.29, 0.717) is 17.0 Å². The maximum absolute atomic E-state index is 15.0. The Morgan fingerprint density at radius 1 is 1.24 bits per heavy atom. The van der Waals surface area contributed by atoms with Crippen LogP contribution in [-0.4, -0.2) is 47.5 Å². The Morgan fingerprint density at radius 2 is 2.03 bits per heavy atom. The molecule has 4 aromatic heterocycles. The minimum absolute atomic E-state index is 0.00515. The normalized spacial score (nSPS) is 12.0. The summed E-state index contributed by atoms with van der Waals surface area (Å²) in [6, 6.07) is 5.00. The number of nitrogens with one attached hydrogen (secondary N) is 1. The maximum Gasteiger partial charge on any atom is 0.307 e. The highest BCUT2D eigenvalue weighted by Gasteiger charge is 2.35. The Balaban J connectivity index is 0.00000186. The Hall–Kier alpha value is -2.87. The van der Waals surface area contributed by atoms with Gasteiger partial charge in [0.15, 0.2) is 23.1 Å². The molecule has 1 atom stereocenters. The predicted molar refractivity (Wildman–Crippen MR) is 153 cm³/mol. The van der Waals surface area contributed by atoms with Crippen molar-refractivity contribution in [2.75, 3.05) is 11.9 Å². The van der Waals surface area contributed by atoms with Gasteiger partial charge in [-0.3, -0.25) is 13.8 Å². The highest BCUT2D eigenvalue weighted by Crippen LogP contribution is 2.34. The molecule has 0 radical (unpaired) electrons.